The molecule has 1 spiro atoms. The number of aryl methyl sites for hydroxylation is 1. The molecule has 29 heavy (non-hydrogen) atoms. The second-order valence-electron chi connectivity index (χ2n) is 7.81. The summed E-state index contributed by atoms with van der Waals surface area (Å²) >= 11 is 0. The molecule has 1 aliphatic carbocycles. The van der Waals surface area contributed by atoms with Crippen LogP contribution in [0.3, 0.4) is 0 Å². The average Bonchev–Trinajstić information content (AvgIpc) is 3.22. The van der Waals surface area contributed by atoms with E-state index in [-0.39, 0.29) is 11.5 Å². The van der Waals surface area contributed by atoms with Crippen LogP contribution in [-0.4, -0.2) is 58.3 Å². The summed E-state index contributed by atoms with van der Waals surface area (Å²) < 4.78 is 53.2. The summed E-state index contributed by atoms with van der Waals surface area (Å²) in [7, 11) is -2.69. The molecule has 8 nitrogen and oxygen atoms in total. The van der Waals surface area contributed by atoms with Crippen LogP contribution in [0, 0.1) is 6.92 Å². The monoisotopic (exact) mass is 426 g/mol. The van der Waals surface area contributed by atoms with Gasteiger partial charge in [0.05, 0.1) is 18.6 Å². The van der Waals surface area contributed by atoms with E-state index in [4.69, 9.17) is 23.1 Å². The van der Waals surface area contributed by atoms with Crippen molar-refractivity contribution in [1.29, 1.82) is 0 Å². The summed E-state index contributed by atoms with van der Waals surface area (Å²) in [6.45, 7) is 1.60. The van der Waals surface area contributed by atoms with Crippen LogP contribution in [-0.2, 0) is 38.0 Å². The second-order valence-corrected chi connectivity index (χ2v) is 9.42. The van der Waals surface area contributed by atoms with E-state index < -0.39 is 46.3 Å². The van der Waals surface area contributed by atoms with Crippen molar-refractivity contribution in [2.75, 3.05) is 13.7 Å². The topological polar surface area (TPSA) is 97.4 Å². The van der Waals surface area contributed by atoms with Crippen molar-refractivity contribution in [1.82, 2.24) is 0 Å². The molecule has 9 heteroatoms. The van der Waals surface area contributed by atoms with E-state index in [9.17, 15) is 13.2 Å². The summed E-state index contributed by atoms with van der Waals surface area (Å²) in [4.78, 5) is 12.3. The lowest BCUT2D eigenvalue weighted by atomic mass is 9.94. The minimum absolute atomic E-state index is 0.0644. The molecular formula is C20H26O8S. The first-order valence-electron chi connectivity index (χ1n) is 9.89. The van der Waals surface area contributed by atoms with Crippen LogP contribution >= 0.6 is 0 Å². The zero-order chi connectivity index (χ0) is 20.6. The predicted molar refractivity (Wildman–Crippen MR) is 101 cm³/mol. The van der Waals surface area contributed by atoms with Gasteiger partial charge in [-0.15, -0.1) is 0 Å². The SMILES string of the molecule is COC(=O)[C@@H]1O[C@H](COS(=O)(=O)c2ccc(C)cc2)[C@H]2OC3(CCCCC3)O[C@H]21. The molecule has 0 N–H and O–H groups in total. The first kappa shape index (κ1) is 20.7. The molecule has 0 bridgehead atoms. The highest BCUT2D eigenvalue weighted by Gasteiger charge is 2.60. The Bertz CT molecular complexity index is 844. The first-order valence-corrected chi connectivity index (χ1v) is 11.3. The van der Waals surface area contributed by atoms with Crippen LogP contribution in [0.5, 0.6) is 0 Å². The summed E-state index contributed by atoms with van der Waals surface area (Å²) in [5.74, 6) is -1.31. The Morgan fingerprint density at radius 2 is 1.76 bits per heavy atom. The smallest absolute Gasteiger partial charge is 0.337 e. The molecule has 2 aliphatic heterocycles. The molecule has 1 aromatic rings. The fourth-order valence-corrected chi connectivity index (χ4v) is 5.14. The van der Waals surface area contributed by atoms with Crippen molar-refractivity contribution in [2.45, 2.75) is 74.1 Å². The number of carbonyl (C=O) groups excluding carboxylic acids is 1. The van der Waals surface area contributed by atoms with E-state index in [1.165, 1.54) is 19.2 Å². The molecule has 4 rings (SSSR count). The third kappa shape index (κ3) is 4.06. The number of hydrogen-bond donors (Lipinski definition) is 0. The molecule has 1 aromatic carbocycles. The number of ether oxygens (including phenoxy) is 4. The molecule has 160 valence electrons. The highest BCUT2D eigenvalue weighted by Crippen LogP contribution is 2.46. The maximum absolute atomic E-state index is 12.5. The van der Waals surface area contributed by atoms with Crippen LogP contribution in [0.4, 0.5) is 0 Å². The summed E-state index contributed by atoms with van der Waals surface area (Å²) in [6, 6.07) is 6.39. The molecule has 3 aliphatic rings. The lowest BCUT2D eigenvalue weighted by molar-refractivity contribution is -0.227. The van der Waals surface area contributed by atoms with Crippen molar-refractivity contribution in [2.24, 2.45) is 0 Å². The minimum Gasteiger partial charge on any atom is -0.467 e. The Morgan fingerprint density at radius 1 is 1.10 bits per heavy atom. The van der Waals surface area contributed by atoms with E-state index >= 15 is 0 Å². The van der Waals surface area contributed by atoms with Gasteiger partial charge in [-0.25, -0.2) is 4.79 Å². The summed E-state index contributed by atoms with van der Waals surface area (Å²) in [5, 5.41) is 0. The Labute approximate surface area is 170 Å². The Hall–Kier alpha value is -1.52. The number of fused-ring (bicyclic) bond motifs is 1. The highest BCUT2D eigenvalue weighted by atomic mass is 32.2. The van der Waals surface area contributed by atoms with E-state index in [1.54, 1.807) is 12.1 Å². The quantitative estimate of drug-likeness (QED) is 0.522. The molecule has 0 radical (unpaired) electrons. The van der Waals surface area contributed by atoms with Gasteiger partial charge in [-0.2, -0.15) is 8.42 Å². The summed E-state index contributed by atoms with van der Waals surface area (Å²) in [6.07, 6.45) is 1.58. The van der Waals surface area contributed by atoms with Gasteiger partial charge in [-0.05, 0) is 31.9 Å². The van der Waals surface area contributed by atoms with E-state index in [0.29, 0.717) is 0 Å². The standard InChI is InChI=1S/C20H26O8S/c1-13-6-8-14(9-7-13)29(22,23)25-12-15-16-17(18(26-15)19(21)24-2)28-20(27-16)10-4-3-5-11-20/h6-9,15-18H,3-5,10-12H2,1-2H3/t15-,16-,17-,18-/m1/s1. The maximum atomic E-state index is 12.5. The molecule has 2 heterocycles. The van der Waals surface area contributed by atoms with Crippen molar-refractivity contribution >= 4 is 16.1 Å². The summed E-state index contributed by atoms with van der Waals surface area (Å²) in [5.41, 5.74) is 0.945. The van der Waals surface area contributed by atoms with Gasteiger partial charge >= 0.3 is 5.97 Å². The number of methoxy groups -OCH3 is 1. The molecule has 0 unspecified atom stereocenters. The first-order chi connectivity index (χ1) is 13.8. The molecular weight excluding hydrogens is 400 g/mol. The molecule has 0 aromatic heterocycles. The van der Waals surface area contributed by atoms with Gasteiger partial charge in [-0.1, -0.05) is 24.1 Å². The zero-order valence-corrected chi connectivity index (χ0v) is 17.4. The highest BCUT2D eigenvalue weighted by molar-refractivity contribution is 7.86. The van der Waals surface area contributed by atoms with Gasteiger partial charge in [0, 0.05) is 12.8 Å². The fourth-order valence-electron chi connectivity index (χ4n) is 4.22. The van der Waals surface area contributed by atoms with Crippen LogP contribution < -0.4 is 0 Å². The average molecular weight is 426 g/mol. The number of esters is 1. The predicted octanol–water partition coefficient (Wildman–Crippen LogP) is 2.09. The normalized spacial score (nSPS) is 31.0. The largest absolute Gasteiger partial charge is 0.467 e. The van der Waals surface area contributed by atoms with Crippen molar-refractivity contribution < 1.29 is 36.3 Å². The van der Waals surface area contributed by atoms with Crippen molar-refractivity contribution in [3.63, 3.8) is 0 Å². The van der Waals surface area contributed by atoms with Crippen LogP contribution in [0.1, 0.15) is 37.7 Å². The molecule has 0 amide bonds. The Balaban J connectivity index is 1.49. The van der Waals surface area contributed by atoms with Gasteiger partial charge in [0.15, 0.2) is 11.9 Å². The van der Waals surface area contributed by atoms with Crippen molar-refractivity contribution in [3.8, 4) is 0 Å². The van der Waals surface area contributed by atoms with Crippen LogP contribution in [0.2, 0.25) is 0 Å². The number of benzene rings is 1. The lowest BCUT2D eigenvalue weighted by Crippen LogP contribution is -2.39. The van der Waals surface area contributed by atoms with Crippen LogP contribution in [0.15, 0.2) is 29.2 Å². The zero-order valence-electron chi connectivity index (χ0n) is 16.5. The third-order valence-electron chi connectivity index (χ3n) is 5.76. The second kappa shape index (κ2) is 7.96. The molecule has 4 atom stereocenters. The molecule has 1 saturated carbocycles. The van der Waals surface area contributed by atoms with E-state index in [0.717, 1.165) is 37.7 Å². The van der Waals surface area contributed by atoms with E-state index in [1.807, 2.05) is 6.92 Å². The van der Waals surface area contributed by atoms with Gasteiger partial charge < -0.3 is 18.9 Å². The van der Waals surface area contributed by atoms with Gasteiger partial charge in [0.2, 0.25) is 0 Å². The third-order valence-corrected chi connectivity index (χ3v) is 7.05. The molecule has 3 fully saturated rings. The number of rotatable bonds is 5. The number of hydrogen-bond acceptors (Lipinski definition) is 8. The van der Waals surface area contributed by atoms with Gasteiger partial charge in [-0.3, -0.25) is 4.18 Å². The fraction of sp³-hybridized carbons (Fsp3) is 0.650. The lowest BCUT2D eigenvalue weighted by Gasteiger charge is -2.33. The Morgan fingerprint density at radius 3 is 2.41 bits per heavy atom. The maximum Gasteiger partial charge on any atom is 0.337 e. The Kier molecular flexibility index (Phi) is 5.69. The van der Waals surface area contributed by atoms with E-state index in [2.05, 4.69) is 0 Å². The van der Waals surface area contributed by atoms with Crippen LogP contribution in [0.25, 0.3) is 0 Å². The number of carbonyl (C=O) groups is 1. The van der Waals surface area contributed by atoms with Gasteiger partial charge in [0.25, 0.3) is 10.1 Å². The van der Waals surface area contributed by atoms with Crippen molar-refractivity contribution in [3.05, 3.63) is 29.8 Å². The molecule has 2 saturated heterocycles. The minimum atomic E-state index is -3.96. The van der Waals surface area contributed by atoms with Gasteiger partial charge in [0.1, 0.15) is 18.3 Å².